The third-order valence-electron chi connectivity index (χ3n) is 14.2. The largest absolute Gasteiger partial charge is 0.314 e. The molecule has 2 atom stereocenters. The van der Waals surface area contributed by atoms with Gasteiger partial charge in [-0.15, -0.1) is 0 Å². The Balaban J connectivity index is 0.0000000825. The summed E-state index contributed by atoms with van der Waals surface area (Å²) in [4.78, 5) is 5.14. The van der Waals surface area contributed by atoms with Crippen molar-refractivity contribution in [2.75, 3.05) is 45.8 Å². The van der Waals surface area contributed by atoms with Crippen LogP contribution in [0.1, 0.15) is 135 Å². The molecule has 4 heteroatoms. The monoisotopic (exact) mass is 581 g/mol. The molecule has 16 fully saturated rings. The van der Waals surface area contributed by atoms with E-state index in [4.69, 9.17) is 0 Å². The molecule has 9 aliphatic heterocycles. The highest BCUT2D eigenvalue weighted by Gasteiger charge is 2.36. The maximum atomic E-state index is 3.42. The maximum Gasteiger partial charge on any atom is 0.00850 e. The van der Waals surface area contributed by atoms with Crippen molar-refractivity contribution >= 4 is 0 Å². The molecule has 0 aromatic heterocycles. The van der Waals surface area contributed by atoms with E-state index in [-0.39, 0.29) is 0 Å². The van der Waals surface area contributed by atoms with E-state index >= 15 is 0 Å². The molecule has 16 aliphatic rings. The van der Waals surface area contributed by atoms with Gasteiger partial charge in [0.05, 0.1) is 0 Å². The van der Waals surface area contributed by atoms with Crippen molar-refractivity contribution in [3.05, 3.63) is 0 Å². The first-order valence-corrected chi connectivity index (χ1v) is 19.6. The summed E-state index contributed by atoms with van der Waals surface area (Å²) in [5.74, 6) is 7.94. The van der Waals surface area contributed by atoms with Crippen LogP contribution in [0.25, 0.3) is 0 Å². The summed E-state index contributed by atoms with van der Waals surface area (Å²) in [6.07, 6.45) is 31.9. The number of fused-ring (bicyclic) bond motifs is 12. The minimum Gasteiger partial charge on any atom is -0.314 e. The highest BCUT2D eigenvalue weighted by Crippen LogP contribution is 2.44. The molecule has 4 nitrogen and oxygen atoms in total. The van der Waals surface area contributed by atoms with Crippen LogP contribution in [-0.4, -0.2) is 73.7 Å². The number of piperidine rings is 4. The highest BCUT2D eigenvalue weighted by atomic mass is 15.2. The number of hydrogen-bond acceptors (Lipinski definition) is 4. The standard InChI is InChI=1S/C8H14.C7H13N.C7H12.C6H11N.2C5H9N/c1-2-8-5-3-7(1)4-6-8;1-4-8-5-2-7(1)3-6-8;1-2-7-4-3-6(1)5-7;1-3-7-4-2-6(1)5-7;1-4-2-5(1)6-3-4;1-2-5-3-4(1)6-5/h7-8H,1-6H2;7H,1-6H2;6-7H,1-5H2;6H,1-5H2;2*4-6H,1-3H2. The normalized spacial score (nSPS) is 48.0. The second-order valence-electron chi connectivity index (χ2n) is 17.2. The van der Waals surface area contributed by atoms with E-state index in [0.717, 1.165) is 47.7 Å². The maximum absolute atomic E-state index is 3.42. The molecule has 12 bridgehead atoms. The lowest BCUT2D eigenvalue weighted by Gasteiger charge is -2.38. The van der Waals surface area contributed by atoms with Gasteiger partial charge in [0.1, 0.15) is 0 Å². The van der Waals surface area contributed by atoms with Gasteiger partial charge >= 0.3 is 0 Å². The predicted octanol–water partition coefficient (Wildman–Crippen LogP) is 7.48. The number of hydrogen-bond donors (Lipinski definition) is 2. The van der Waals surface area contributed by atoms with Gasteiger partial charge in [0.2, 0.25) is 0 Å². The van der Waals surface area contributed by atoms with Crippen LogP contribution in [0, 0.1) is 41.4 Å². The van der Waals surface area contributed by atoms with E-state index < -0.39 is 0 Å². The first-order chi connectivity index (χ1) is 20.7. The molecule has 7 aliphatic carbocycles. The summed E-state index contributed by atoms with van der Waals surface area (Å²) >= 11 is 0. The molecule has 0 aromatic rings. The zero-order chi connectivity index (χ0) is 28.1. The Morgan fingerprint density at radius 2 is 0.762 bits per heavy atom. The minimum atomic E-state index is 0.940. The molecule has 7 saturated carbocycles. The lowest BCUT2D eigenvalue weighted by atomic mass is 9.71. The Bertz CT molecular complexity index is 614. The molecule has 2 unspecified atom stereocenters. The first kappa shape index (κ1) is 30.5. The average molecular weight is 581 g/mol. The second kappa shape index (κ2) is 15.0. The van der Waals surface area contributed by atoms with Gasteiger partial charge in [0, 0.05) is 24.7 Å². The van der Waals surface area contributed by atoms with Crippen molar-refractivity contribution in [3.8, 4) is 0 Å². The van der Waals surface area contributed by atoms with E-state index in [9.17, 15) is 0 Å². The van der Waals surface area contributed by atoms with E-state index in [1.165, 1.54) is 122 Å². The smallest absolute Gasteiger partial charge is 0.00850 e. The molecule has 0 radical (unpaired) electrons. The van der Waals surface area contributed by atoms with Crippen molar-refractivity contribution in [1.29, 1.82) is 0 Å². The molecular weight excluding hydrogens is 512 g/mol. The Morgan fingerprint density at radius 3 is 0.905 bits per heavy atom. The first-order valence-electron chi connectivity index (χ1n) is 19.6. The zero-order valence-corrected chi connectivity index (χ0v) is 27.5. The Labute approximate surface area is 260 Å². The number of nitrogens with zero attached hydrogens (tertiary/aromatic N) is 2. The summed E-state index contributed by atoms with van der Waals surface area (Å²) in [6, 6.07) is 2.82. The van der Waals surface area contributed by atoms with E-state index in [2.05, 4.69) is 20.4 Å². The summed E-state index contributed by atoms with van der Waals surface area (Å²) in [7, 11) is 0. The van der Waals surface area contributed by atoms with Gasteiger partial charge in [-0.1, -0.05) is 64.2 Å². The van der Waals surface area contributed by atoms with Gasteiger partial charge in [-0.25, -0.2) is 0 Å². The average Bonchev–Trinajstić information content (AvgIpc) is 3.89. The third kappa shape index (κ3) is 8.55. The van der Waals surface area contributed by atoms with Crippen molar-refractivity contribution in [3.63, 3.8) is 0 Å². The molecule has 16 rings (SSSR count). The lowest BCUT2D eigenvalue weighted by molar-refractivity contribution is 0.111. The third-order valence-corrected chi connectivity index (χ3v) is 14.2. The molecule has 0 aromatic carbocycles. The van der Waals surface area contributed by atoms with E-state index in [1.807, 2.05) is 0 Å². The Kier molecular flexibility index (Phi) is 10.9. The molecule has 2 N–H and O–H groups in total. The van der Waals surface area contributed by atoms with Crippen molar-refractivity contribution in [2.24, 2.45) is 41.4 Å². The van der Waals surface area contributed by atoms with E-state index in [0.29, 0.717) is 0 Å². The fraction of sp³-hybridized carbons (Fsp3) is 1.00. The molecule has 9 heterocycles. The fourth-order valence-corrected chi connectivity index (χ4v) is 10.9. The van der Waals surface area contributed by atoms with Crippen LogP contribution in [0.2, 0.25) is 0 Å². The van der Waals surface area contributed by atoms with Crippen LogP contribution in [0.15, 0.2) is 0 Å². The predicted molar refractivity (Wildman–Crippen MR) is 177 cm³/mol. The molecule has 0 amide bonds. The van der Waals surface area contributed by atoms with Crippen LogP contribution in [0.3, 0.4) is 0 Å². The quantitative estimate of drug-likeness (QED) is 0.311. The van der Waals surface area contributed by atoms with Crippen molar-refractivity contribution in [1.82, 2.24) is 20.4 Å². The van der Waals surface area contributed by atoms with Gasteiger partial charge in [0.15, 0.2) is 0 Å². The summed E-state index contributed by atoms with van der Waals surface area (Å²) in [5.41, 5.74) is 0. The fourth-order valence-electron chi connectivity index (χ4n) is 10.9. The van der Waals surface area contributed by atoms with Crippen LogP contribution >= 0.6 is 0 Å². The SMILES string of the molecule is C1CC2CC1N2.C1CC2CCC1C2.C1CC2CCC1CC2.C1CN2CCC1C2.C1CN2CCC1CC2.C1NC2CC1C2. The molecular formula is C38H68N4. The van der Waals surface area contributed by atoms with Crippen LogP contribution < -0.4 is 10.6 Å². The Hall–Kier alpha value is -0.160. The van der Waals surface area contributed by atoms with E-state index in [1.54, 1.807) is 70.6 Å². The van der Waals surface area contributed by atoms with Gasteiger partial charge < -0.3 is 20.4 Å². The lowest BCUT2D eigenvalue weighted by Crippen LogP contribution is -2.43. The van der Waals surface area contributed by atoms with Gasteiger partial charge in [-0.3, -0.25) is 0 Å². The van der Waals surface area contributed by atoms with Gasteiger partial charge in [-0.2, -0.15) is 0 Å². The van der Waals surface area contributed by atoms with Crippen LogP contribution in [0.5, 0.6) is 0 Å². The van der Waals surface area contributed by atoms with Gasteiger partial charge in [-0.05, 0) is 151 Å². The van der Waals surface area contributed by atoms with Gasteiger partial charge in [0.25, 0.3) is 0 Å². The number of rotatable bonds is 0. The van der Waals surface area contributed by atoms with Crippen molar-refractivity contribution < 1.29 is 0 Å². The van der Waals surface area contributed by atoms with Crippen LogP contribution in [-0.2, 0) is 0 Å². The summed E-state index contributed by atoms with van der Waals surface area (Å²) < 4.78 is 0. The number of nitrogens with one attached hydrogen (secondary N) is 2. The summed E-state index contributed by atoms with van der Waals surface area (Å²) in [5, 5.41) is 6.81. The Morgan fingerprint density at radius 1 is 0.333 bits per heavy atom. The van der Waals surface area contributed by atoms with Crippen molar-refractivity contribution in [2.45, 2.75) is 153 Å². The van der Waals surface area contributed by atoms with Crippen LogP contribution in [0.4, 0.5) is 0 Å². The highest BCUT2D eigenvalue weighted by molar-refractivity contribution is 4.96. The second-order valence-corrected chi connectivity index (χ2v) is 17.2. The molecule has 0 spiro atoms. The molecule has 240 valence electrons. The summed E-state index contributed by atoms with van der Waals surface area (Å²) in [6.45, 7) is 9.69. The topological polar surface area (TPSA) is 30.5 Å². The molecule has 9 saturated heterocycles. The zero-order valence-electron chi connectivity index (χ0n) is 27.5. The minimum absolute atomic E-state index is 0.940. The molecule has 42 heavy (non-hydrogen) atoms.